The van der Waals surface area contributed by atoms with Crippen molar-refractivity contribution in [3.8, 4) is 0 Å². The molecule has 2 atom stereocenters. The zero-order valence-corrected chi connectivity index (χ0v) is 11.4. The van der Waals surface area contributed by atoms with Crippen molar-refractivity contribution < 1.29 is 19.1 Å². The number of halogens is 1. The third-order valence-electron chi connectivity index (χ3n) is 3.31. The molecule has 0 aromatic carbocycles. The Balaban J connectivity index is 2.10. The minimum absolute atomic E-state index is 0.471. The van der Waals surface area contributed by atoms with Crippen molar-refractivity contribution in [1.82, 2.24) is 5.32 Å². The maximum absolute atomic E-state index is 12.5. The minimum atomic E-state index is -1.47. The summed E-state index contributed by atoms with van der Waals surface area (Å²) in [5.74, 6) is -1.25. The molecule has 0 saturated carbocycles. The molecule has 1 amide bonds. The van der Waals surface area contributed by atoms with E-state index in [1.165, 1.54) is 21.8 Å². The van der Waals surface area contributed by atoms with Crippen molar-refractivity contribution in [1.29, 1.82) is 0 Å². The van der Waals surface area contributed by atoms with Gasteiger partial charge >= 0.3 is 5.97 Å². The van der Waals surface area contributed by atoms with Crippen LogP contribution in [0.5, 0.6) is 0 Å². The smallest absolute Gasteiger partial charge is 0.328 e. The number of fused-ring (bicyclic) bond motifs is 1. The molecule has 6 heteroatoms. The molecular weight excluding hydrogens is 269 g/mol. The molecule has 0 radical (unpaired) electrons. The molecule has 1 aliphatic rings. The molecule has 1 heterocycles. The topological polar surface area (TPSA) is 66.4 Å². The number of thiophene rings is 1. The van der Waals surface area contributed by atoms with Gasteiger partial charge in [0.2, 0.25) is 0 Å². The van der Waals surface area contributed by atoms with E-state index in [-0.39, 0.29) is 0 Å². The highest BCUT2D eigenvalue weighted by molar-refractivity contribution is 7.14. The number of amides is 1. The van der Waals surface area contributed by atoms with Crippen molar-refractivity contribution in [2.75, 3.05) is 6.67 Å². The van der Waals surface area contributed by atoms with Gasteiger partial charge in [-0.25, -0.2) is 9.18 Å². The van der Waals surface area contributed by atoms with E-state index in [1.54, 1.807) is 0 Å². The molecule has 1 aromatic rings. The number of rotatable bonds is 4. The SMILES string of the molecule is CC1CCc2sc(C(=O)NC(CF)C(=O)O)cc2C1. The number of carbonyl (C=O) groups is 2. The Morgan fingerprint density at radius 3 is 3.00 bits per heavy atom. The number of carbonyl (C=O) groups excluding carboxylic acids is 1. The predicted molar refractivity (Wildman–Crippen MR) is 70.4 cm³/mol. The average Bonchev–Trinajstić information content (AvgIpc) is 2.78. The van der Waals surface area contributed by atoms with Crippen molar-refractivity contribution in [2.45, 2.75) is 32.2 Å². The number of aryl methyl sites for hydroxylation is 1. The summed E-state index contributed by atoms with van der Waals surface area (Å²) < 4.78 is 12.5. The van der Waals surface area contributed by atoms with Crippen LogP contribution in [0.3, 0.4) is 0 Å². The standard InChI is InChI=1S/C13H16FNO3S/c1-7-2-3-10-8(4-7)5-11(19-10)12(16)15-9(6-14)13(17)18/h5,7,9H,2-4,6H2,1H3,(H,15,16)(H,17,18). The Hall–Kier alpha value is -1.43. The second kappa shape index (κ2) is 5.69. The molecule has 0 aliphatic heterocycles. The van der Waals surface area contributed by atoms with Gasteiger partial charge in [-0.1, -0.05) is 6.92 Å². The summed E-state index contributed by atoms with van der Waals surface area (Å²) >= 11 is 1.38. The second-order valence-electron chi connectivity index (χ2n) is 4.93. The van der Waals surface area contributed by atoms with Crippen LogP contribution in [0.25, 0.3) is 0 Å². The lowest BCUT2D eigenvalue weighted by molar-refractivity contribution is -0.139. The maximum atomic E-state index is 12.5. The van der Waals surface area contributed by atoms with Crippen LogP contribution in [0.2, 0.25) is 0 Å². The molecule has 0 fully saturated rings. The van der Waals surface area contributed by atoms with E-state index in [2.05, 4.69) is 12.2 Å². The zero-order chi connectivity index (χ0) is 14.0. The number of alkyl halides is 1. The van der Waals surface area contributed by atoms with E-state index >= 15 is 0 Å². The lowest BCUT2D eigenvalue weighted by Crippen LogP contribution is -2.42. The summed E-state index contributed by atoms with van der Waals surface area (Å²) in [6, 6.07) is 0.341. The fourth-order valence-corrected chi connectivity index (χ4v) is 3.32. The maximum Gasteiger partial charge on any atom is 0.328 e. The lowest BCUT2D eigenvalue weighted by atomic mass is 9.90. The molecule has 19 heavy (non-hydrogen) atoms. The van der Waals surface area contributed by atoms with E-state index in [4.69, 9.17) is 5.11 Å². The first kappa shape index (κ1) is 14.0. The van der Waals surface area contributed by atoms with E-state index in [0.29, 0.717) is 10.8 Å². The van der Waals surface area contributed by atoms with Crippen molar-refractivity contribution in [3.63, 3.8) is 0 Å². The molecule has 104 valence electrons. The molecule has 1 aromatic heterocycles. The quantitative estimate of drug-likeness (QED) is 0.889. The van der Waals surface area contributed by atoms with Gasteiger partial charge in [0, 0.05) is 4.88 Å². The Morgan fingerprint density at radius 2 is 2.37 bits per heavy atom. The van der Waals surface area contributed by atoms with E-state index in [0.717, 1.165) is 19.3 Å². The van der Waals surface area contributed by atoms with Crippen LogP contribution in [0.15, 0.2) is 6.07 Å². The average molecular weight is 285 g/mol. The van der Waals surface area contributed by atoms with Crippen molar-refractivity contribution in [3.05, 3.63) is 21.4 Å². The summed E-state index contributed by atoms with van der Waals surface area (Å²) in [6.45, 7) is 1.06. The first-order valence-corrected chi connectivity index (χ1v) is 7.04. The van der Waals surface area contributed by atoms with Crippen LogP contribution in [0.4, 0.5) is 4.39 Å². The molecule has 2 N–H and O–H groups in total. The summed E-state index contributed by atoms with van der Waals surface area (Å²) in [4.78, 5) is 24.2. The Kier molecular flexibility index (Phi) is 4.19. The van der Waals surface area contributed by atoms with Gasteiger partial charge in [0.05, 0.1) is 4.88 Å². The number of carboxylic acids is 1. The normalized spacial score (nSPS) is 19.6. The lowest BCUT2D eigenvalue weighted by Gasteiger charge is -2.16. The Morgan fingerprint density at radius 1 is 1.63 bits per heavy atom. The molecule has 2 unspecified atom stereocenters. The van der Waals surface area contributed by atoms with Gasteiger partial charge in [0.15, 0.2) is 6.04 Å². The van der Waals surface area contributed by atoms with Crippen LogP contribution in [0.1, 0.15) is 33.5 Å². The van der Waals surface area contributed by atoms with Crippen LogP contribution in [0, 0.1) is 5.92 Å². The summed E-state index contributed by atoms with van der Waals surface area (Å²) in [7, 11) is 0. The predicted octanol–water partition coefficient (Wildman–Crippen LogP) is 2.03. The number of aliphatic carboxylic acids is 1. The van der Waals surface area contributed by atoms with Crippen LogP contribution in [-0.2, 0) is 17.6 Å². The van der Waals surface area contributed by atoms with Gasteiger partial charge in [-0.15, -0.1) is 11.3 Å². The fourth-order valence-electron chi connectivity index (χ4n) is 2.21. The van der Waals surface area contributed by atoms with Gasteiger partial charge < -0.3 is 10.4 Å². The minimum Gasteiger partial charge on any atom is -0.480 e. The first-order valence-electron chi connectivity index (χ1n) is 6.22. The number of hydrogen-bond donors (Lipinski definition) is 2. The molecule has 4 nitrogen and oxygen atoms in total. The highest BCUT2D eigenvalue weighted by atomic mass is 32.1. The molecule has 1 aliphatic carbocycles. The van der Waals surface area contributed by atoms with Gasteiger partial charge in [-0.2, -0.15) is 0 Å². The van der Waals surface area contributed by atoms with E-state index in [1.807, 2.05) is 6.07 Å². The molecule has 2 rings (SSSR count). The molecular formula is C13H16FNO3S. The largest absolute Gasteiger partial charge is 0.480 e. The third-order valence-corrected chi connectivity index (χ3v) is 4.55. The van der Waals surface area contributed by atoms with Crippen LogP contribution < -0.4 is 5.32 Å². The number of carboxylic acid groups (broad SMARTS) is 1. The highest BCUT2D eigenvalue weighted by Crippen LogP contribution is 2.32. The van der Waals surface area contributed by atoms with Crippen molar-refractivity contribution in [2.24, 2.45) is 5.92 Å². The second-order valence-corrected chi connectivity index (χ2v) is 6.06. The summed E-state index contributed by atoms with van der Waals surface area (Å²) in [6.07, 6.45) is 3.02. The highest BCUT2D eigenvalue weighted by Gasteiger charge is 2.24. The van der Waals surface area contributed by atoms with E-state index in [9.17, 15) is 14.0 Å². The van der Waals surface area contributed by atoms with Crippen LogP contribution in [-0.4, -0.2) is 29.7 Å². The molecule has 0 bridgehead atoms. The molecule has 0 saturated heterocycles. The first-order chi connectivity index (χ1) is 9.01. The van der Waals surface area contributed by atoms with E-state index < -0.39 is 24.6 Å². The summed E-state index contributed by atoms with van der Waals surface area (Å²) in [5, 5.41) is 10.9. The third kappa shape index (κ3) is 3.12. The Bertz CT molecular complexity index is 500. The van der Waals surface area contributed by atoms with Crippen molar-refractivity contribution >= 4 is 23.2 Å². The summed E-state index contributed by atoms with van der Waals surface area (Å²) in [5.41, 5.74) is 1.17. The molecule has 0 spiro atoms. The number of nitrogens with one attached hydrogen (secondary N) is 1. The zero-order valence-electron chi connectivity index (χ0n) is 10.6. The fraction of sp³-hybridized carbons (Fsp3) is 0.538. The van der Waals surface area contributed by atoms with Gasteiger partial charge in [-0.3, -0.25) is 4.79 Å². The number of hydrogen-bond acceptors (Lipinski definition) is 3. The van der Waals surface area contributed by atoms with Gasteiger partial charge in [0.25, 0.3) is 5.91 Å². The Labute approximate surface area is 114 Å². The van der Waals surface area contributed by atoms with Gasteiger partial charge in [0.1, 0.15) is 6.67 Å². The van der Waals surface area contributed by atoms with Gasteiger partial charge in [-0.05, 0) is 36.8 Å². The van der Waals surface area contributed by atoms with Crippen LogP contribution >= 0.6 is 11.3 Å². The monoisotopic (exact) mass is 285 g/mol.